The van der Waals surface area contributed by atoms with E-state index in [1.807, 2.05) is 0 Å². The monoisotopic (exact) mass is 198 g/mol. The molecule has 1 aliphatic carbocycles. The molecule has 0 atom stereocenters. The van der Waals surface area contributed by atoms with Crippen LogP contribution in [-0.2, 0) is 4.79 Å². The fourth-order valence-corrected chi connectivity index (χ4v) is 2.01. The summed E-state index contributed by atoms with van der Waals surface area (Å²) >= 11 is 0. The third-order valence-electron chi connectivity index (χ3n) is 3.34. The summed E-state index contributed by atoms with van der Waals surface area (Å²) in [6.07, 6.45) is 5.41. The van der Waals surface area contributed by atoms with Gasteiger partial charge in [0, 0.05) is 26.6 Å². The van der Waals surface area contributed by atoms with Crippen LogP contribution in [0.3, 0.4) is 0 Å². The zero-order valence-electron chi connectivity index (χ0n) is 9.36. The van der Waals surface area contributed by atoms with Gasteiger partial charge in [0.15, 0.2) is 0 Å². The van der Waals surface area contributed by atoms with E-state index in [2.05, 4.69) is 17.6 Å². The summed E-state index contributed by atoms with van der Waals surface area (Å²) in [5, 5.41) is 6.20. The predicted octanol–water partition coefficient (Wildman–Crippen LogP) is 1.29. The standard InChI is InChI=1S/C11H22N2O/c1-3-11(5-4-6-11)9-12-7-8-13-10(2)14/h12H,3-9H2,1-2H3,(H,13,14). The van der Waals surface area contributed by atoms with E-state index in [4.69, 9.17) is 0 Å². The predicted molar refractivity (Wildman–Crippen MR) is 58.1 cm³/mol. The molecule has 0 aromatic heterocycles. The Kier molecular flexibility index (Phi) is 4.39. The minimum absolute atomic E-state index is 0.0562. The Hall–Kier alpha value is -0.570. The highest BCUT2D eigenvalue weighted by molar-refractivity contribution is 5.72. The fraction of sp³-hybridized carbons (Fsp3) is 0.909. The van der Waals surface area contributed by atoms with E-state index in [0.717, 1.165) is 19.6 Å². The quantitative estimate of drug-likeness (QED) is 0.631. The van der Waals surface area contributed by atoms with Gasteiger partial charge in [-0.15, -0.1) is 0 Å². The van der Waals surface area contributed by atoms with Gasteiger partial charge in [-0.25, -0.2) is 0 Å². The Balaban J connectivity index is 2.00. The molecule has 0 heterocycles. The smallest absolute Gasteiger partial charge is 0.216 e. The van der Waals surface area contributed by atoms with Gasteiger partial charge in [-0.2, -0.15) is 0 Å². The molecule has 0 aromatic carbocycles. The van der Waals surface area contributed by atoms with Gasteiger partial charge in [-0.3, -0.25) is 4.79 Å². The fourth-order valence-electron chi connectivity index (χ4n) is 2.01. The second-order valence-electron chi connectivity index (χ2n) is 4.37. The normalized spacial score (nSPS) is 18.7. The van der Waals surface area contributed by atoms with Gasteiger partial charge in [0.1, 0.15) is 0 Å². The first-order chi connectivity index (χ1) is 6.68. The van der Waals surface area contributed by atoms with Crippen LogP contribution in [0, 0.1) is 5.41 Å². The zero-order valence-corrected chi connectivity index (χ0v) is 9.36. The minimum Gasteiger partial charge on any atom is -0.355 e. The summed E-state index contributed by atoms with van der Waals surface area (Å²) in [6.45, 7) is 6.58. The third kappa shape index (κ3) is 3.29. The van der Waals surface area contributed by atoms with Gasteiger partial charge >= 0.3 is 0 Å². The summed E-state index contributed by atoms with van der Waals surface area (Å²) < 4.78 is 0. The first-order valence-corrected chi connectivity index (χ1v) is 5.64. The number of carbonyl (C=O) groups excluding carboxylic acids is 1. The first-order valence-electron chi connectivity index (χ1n) is 5.64. The number of hydrogen-bond acceptors (Lipinski definition) is 2. The summed E-state index contributed by atoms with van der Waals surface area (Å²) in [6, 6.07) is 0. The van der Waals surface area contributed by atoms with Crippen molar-refractivity contribution in [2.45, 2.75) is 39.5 Å². The summed E-state index contributed by atoms with van der Waals surface area (Å²) in [5.74, 6) is 0.0562. The molecule has 3 heteroatoms. The van der Waals surface area contributed by atoms with Gasteiger partial charge in [-0.05, 0) is 24.7 Å². The molecule has 0 spiro atoms. The van der Waals surface area contributed by atoms with Crippen molar-refractivity contribution in [1.82, 2.24) is 10.6 Å². The molecule has 3 nitrogen and oxygen atoms in total. The van der Waals surface area contributed by atoms with Gasteiger partial charge in [0.25, 0.3) is 0 Å². The zero-order chi connectivity index (χ0) is 10.4. The van der Waals surface area contributed by atoms with Crippen LogP contribution in [0.25, 0.3) is 0 Å². The molecule has 0 saturated heterocycles. The molecule has 0 bridgehead atoms. The van der Waals surface area contributed by atoms with E-state index in [-0.39, 0.29) is 5.91 Å². The van der Waals surface area contributed by atoms with Gasteiger partial charge < -0.3 is 10.6 Å². The number of rotatable bonds is 6. The number of amides is 1. The molecule has 0 aliphatic heterocycles. The van der Waals surface area contributed by atoms with E-state index in [9.17, 15) is 4.79 Å². The van der Waals surface area contributed by atoms with Crippen molar-refractivity contribution in [3.63, 3.8) is 0 Å². The Labute approximate surface area is 86.6 Å². The van der Waals surface area contributed by atoms with E-state index in [1.54, 1.807) is 6.92 Å². The summed E-state index contributed by atoms with van der Waals surface area (Å²) in [5.41, 5.74) is 0.580. The second kappa shape index (κ2) is 5.35. The third-order valence-corrected chi connectivity index (χ3v) is 3.34. The first kappa shape index (κ1) is 11.5. The molecule has 0 unspecified atom stereocenters. The Morgan fingerprint density at radius 3 is 2.50 bits per heavy atom. The van der Waals surface area contributed by atoms with Crippen LogP contribution < -0.4 is 10.6 Å². The van der Waals surface area contributed by atoms with E-state index >= 15 is 0 Å². The van der Waals surface area contributed by atoms with Gasteiger partial charge in [0.2, 0.25) is 5.91 Å². The number of hydrogen-bond donors (Lipinski definition) is 2. The lowest BCUT2D eigenvalue weighted by atomic mass is 9.67. The van der Waals surface area contributed by atoms with Crippen LogP contribution in [0.2, 0.25) is 0 Å². The largest absolute Gasteiger partial charge is 0.355 e. The van der Waals surface area contributed by atoms with E-state index in [0.29, 0.717) is 5.41 Å². The maximum atomic E-state index is 10.6. The molecule has 0 aromatic rings. The van der Waals surface area contributed by atoms with Crippen LogP contribution >= 0.6 is 0 Å². The average molecular weight is 198 g/mol. The SMILES string of the molecule is CCC1(CNCCNC(C)=O)CCC1. The van der Waals surface area contributed by atoms with E-state index in [1.165, 1.54) is 25.7 Å². The lowest BCUT2D eigenvalue weighted by Gasteiger charge is -2.41. The molecule has 1 amide bonds. The molecular weight excluding hydrogens is 176 g/mol. The number of carbonyl (C=O) groups is 1. The molecule has 1 saturated carbocycles. The highest BCUT2D eigenvalue weighted by Crippen LogP contribution is 2.42. The molecule has 2 N–H and O–H groups in total. The van der Waals surface area contributed by atoms with Crippen LogP contribution in [0.4, 0.5) is 0 Å². The van der Waals surface area contributed by atoms with Crippen molar-refractivity contribution in [3.05, 3.63) is 0 Å². The Bertz CT molecular complexity index is 182. The highest BCUT2D eigenvalue weighted by atomic mass is 16.1. The topological polar surface area (TPSA) is 41.1 Å². The molecule has 0 radical (unpaired) electrons. The molecule has 1 aliphatic rings. The van der Waals surface area contributed by atoms with Crippen molar-refractivity contribution in [3.8, 4) is 0 Å². The van der Waals surface area contributed by atoms with Crippen LogP contribution in [-0.4, -0.2) is 25.5 Å². The van der Waals surface area contributed by atoms with Crippen LogP contribution in [0.15, 0.2) is 0 Å². The van der Waals surface area contributed by atoms with Gasteiger partial charge in [0.05, 0.1) is 0 Å². The van der Waals surface area contributed by atoms with Crippen molar-refractivity contribution >= 4 is 5.91 Å². The minimum atomic E-state index is 0.0562. The van der Waals surface area contributed by atoms with Gasteiger partial charge in [-0.1, -0.05) is 13.3 Å². The Morgan fingerprint density at radius 2 is 2.07 bits per heavy atom. The van der Waals surface area contributed by atoms with E-state index < -0.39 is 0 Å². The maximum Gasteiger partial charge on any atom is 0.216 e. The van der Waals surface area contributed by atoms with Crippen molar-refractivity contribution < 1.29 is 4.79 Å². The molecular formula is C11H22N2O. The van der Waals surface area contributed by atoms with Crippen molar-refractivity contribution in [2.75, 3.05) is 19.6 Å². The summed E-state index contributed by atoms with van der Waals surface area (Å²) in [7, 11) is 0. The molecule has 1 rings (SSSR count). The molecule has 1 fully saturated rings. The average Bonchev–Trinajstić information content (AvgIpc) is 2.08. The Morgan fingerprint density at radius 1 is 1.36 bits per heavy atom. The van der Waals surface area contributed by atoms with Crippen LogP contribution in [0.5, 0.6) is 0 Å². The number of nitrogens with one attached hydrogen (secondary N) is 2. The highest BCUT2D eigenvalue weighted by Gasteiger charge is 2.34. The van der Waals surface area contributed by atoms with Crippen molar-refractivity contribution in [2.24, 2.45) is 5.41 Å². The van der Waals surface area contributed by atoms with Crippen molar-refractivity contribution in [1.29, 1.82) is 0 Å². The van der Waals surface area contributed by atoms with Crippen LogP contribution in [0.1, 0.15) is 39.5 Å². The lowest BCUT2D eigenvalue weighted by Crippen LogP contribution is -2.41. The summed E-state index contributed by atoms with van der Waals surface area (Å²) in [4.78, 5) is 10.6. The molecule has 82 valence electrons. The second-order valence-corrected chi connectivity index (χ2v) is 4.37. The lowest BCUT2D eigenvalue weighted by molar-refractivity contribution is -0.118. The molecule has 14 heavy (non-hydrogen) atoms. The maximum absolute atomic E-state index is 10.6.